The van der Waals surface area contributed by atoms with Crippen LogP contribution in [0, 0.1) is 6.92 Å². The molecule has 12 aromatic rings. The standard InChI is InChI=1S/C56H37N5O/c1-3-4-25-47-35(2)51-44(40-29-31-49-45(33-40)42-23-13-15-26-48(42)60(49)41-30-28-36-17-11-12-22-39(36)32-41)34-46-43-24-14-16-27-50(43)62-53(46)52(51)61(47)56-58-54(37-18-7-5-8-19-37)57-55(59-56)38-20-9-6-10-21-38/h3-34H,1H2,2H3/b25-4-. The molecule has 0 aliphatic rings. The number of aromatic nitrogens is 5. The van der Waals surface area contributed by atoms with Crippen LogP contribution in [0.15, 0.2) is 199 Å². The van der Waals surface area contributed by atoms with Gasteiger partial charge in [-0.05, 0) is 82.9 Å². The van der Waals surface area contributed by atoms with Gasteiger partial charge in [0.1, 0.15) is 11.1 Å². The number of aryl methyl sites for hydroxylation is 1. The molecule has 0 saturated heterocycles. The summed E-state index contributed by atoms with van der Waals surface area (Å²) in [5, 5.41) is 7.92. The first-order chi connectivity index (χ1) is 30.6. The van der Waals surface area contributed by atoms with Crippen molar-refractivity contribution in [1.29, 1.82) is 0 Å². The molecule has 0 aliphatic carbocycles. The summed E-state index contributed by atoms with van der Waals surface area (Å²) in [6.45, 7) is 6.23. The van der Waals surface area contributed by atoms with Crippen LogP contribution in [0.2, 0.25) is 0 Å². The highest BCUT2D eigenvalue weighted by atomic mass is 16.3. The van der Waals surface area contributed by atoms with Gasteiger partial charge in [0.15, 0.2) is 17.2 Å². The van der Waals surface area contributed by atoms with E-state index in [2.05, 4.69) is 132 Å². The Kier molecular flexibility index (Phi) is 8.12. The van der Waals surface area contributed by atoms with Gasteiger partial charge in [0.2, 0.25) is 5.95 Å². The quantitative estimate of drug-likeness (QED) is 0.151. The molecule has 0 saturated carbocycles. The molecule has 4 heterocycles. The summed E-state index contributed by atoms with van der Waals surface area (Å²) in [4.78, 5) is 15.6. The van der Waals surface area contributed by atoms with Crippen LogP contribution in [0.4, 0.5) is 0 Å². The van der Waals surface area contributed by atoms with Crippen molar-refractivity contribution < 1.29 is 4.42 Å². The second kappa shape index (κ2) is 14.1. The SMILES string of the molecule is C=C/C=C\c1c(C)c2c(-c3ccc4c(c3)c3ccccc3n4-c3ccc4ccccc4c3)cc3c4ccccc4oc3c2n1-c1nc(-c2ccccc2)nc(-c2ccccc2)n1. The van der Waals surface area contributed by atoms with Gasteiger partial charge in [0.05, 0.1) is 16.7 Å². The van der Waals surface area contributed by atoms with Crippen molar-refractivity contribution in [3.63, 3.8) is 0 Å². The molecule has 4 aromatic heterocycles. The highest BCUT2D eigenvalue weighted by Crippen LogP contribution is 2.46. The molecular formula is C56H37N5O. The van der Waals surface area contributed by atoms with Gasteiger partial charge in [-0.15, -0.1) is 0 Å². The number of rotatable bonds is 7. The van der Waals surface area contributed by atoms with Gasteiger partial charge in [0, 0.05) is 43.7 Å². The minimum absolute atomic E-state index is 0.493. The Hall–Kier alpha value is -8.35. The van der Waals surface area contributed by atoms with Crippen molar-refractivity contribution in [2.75, 3.05) is 0 Å². The molecule has 0 bridgehead atoms. The molecule has 0 N–H and O–H groups in total. The number of furan rings is 1. The van der Waals surface area contributed by atoms with E-state index in [0.717, 1.165) is 83.1 Å². The molecule has 0 spiro atoms. The molecule has 8 aromatic carbocycles. The third-order valence-corrected chi connectivity index (χ3v) is 12.1. The Morgan fingerprint density at radius 1 is 0.532 bits per heavy atom. The lowest BCUT2D eigenvalue weighted by Crippen LogP contribution is -2.08. The zero-order valence-electron chi connectivity index (χ0n) is 33.8. The lowest BCUT2D eigenvalue weighted by molar-refractivity contribution is 0.670. The smallest absolute Gasteiger partial charge is 0.238 e. The summed E-state index contributed by atoms with van der Waals surface area (Å²) in [6.07, 6.45) is 5.87. The highest BCUT2D eigenvalue weighted by molar-refractivity contribution is 6.21. The van der Waals surface area contributed by atoms with E-state index in [0.29, 0.717) is 17.6 Å². The van der Waals surface area contributed by atoms with Gasteiger partial charge in [-0.3, -0.25) is 4.57 Å². The molecule has 0 atom stereocenters. The number of benzene rings is 8. The topological polar surface area (TPSA) is 61.7 Å². The van der Waals surface area contributed by atoms with Crippen LogP contribution in [-0.4, -0.2) is 24.1 Å². The van der Waals surface area contributed by atoms with Gasteiger partial charge >= 0.3 is 0 Å². The number of hydrogen-bond donors (Lipinski definition) is 0. The summed E-state index contributed by atoms with van der Waals surface area (Å²) >= 11 is 0. The first-order valence-electron chi connectivity index (χ1n) is 20.8. The lowest BCUT2D eigenvalue weighted by atomic mass is 9.95. The fraction of sp³-hybridized carbons (Fsp3) is 0.0179. The summed E-state index contributed by atoms with van der Waals surface area (Å²) in [7, 11) is 0. The third-order valence-electron chi connectivity index (χ3n) is 12.1. The van der Waals surface area contributed by atoms with Crippen LogP contribution in [0.1, 0.15) is 11.3 Å². The minimum atomic E-state index is 0.493. The molecule has 0 aliphatic heterocycles. The van der Waals surface area contributed by atoms with E-state index >= 15 is 0 Å². The maximum Gasteiger partial charge on any atom is 0.238 e. The number of allylic oxidation sites excluding steroid dienone is 2. The Morgan fingerprint density at radius 2 is 1.19 bits per heavy atom. The summed E-state index contributed by atoms with van der Waals surface area (Å²) in [6, 6.07) is 61.6. The van der Waals surface area contributed by atoms with E-state index in [1.54, 1.807) is 6.08 Å². The Morgan fingerprint density at radius 3 is 1.95 bits per heavy atom. The molecular weight excluding hydrogens is 759 g/mol. The average Bonchev–Trinajstić information content (AvgIpc) is 3.97. The van der Waals surface area contributed by atoms with Crippen molar-refractivity contribution in [3.8, 4) is 45.5 Å². The predicted molar refractivity (Wildman–Crippen MR) is 256 cm³/mol. The maximum absolute atomic E-state index is 6.89. The van der Waals surface area contributed by atoms with E-state index in [4.69, 9.17) is 19.4 Å². The molecule has 0 amide bonds. The molecule has 6 nitrogen and oxygen atoms in total. The lowest BCUT2D eigenvalue weighted by Gasteiger charge is -2.12. The van der Waals surface area contributed by atoms with Crippen LogP contribution in [-0.2, 0) is 0 Å². The molecule has 12 rings (SSSR count). The van der Waals surface area contributed by atoms with Gasteiger partial charge in [-0.1, -0.05) is 152 Å². The number of hydrogen-bond acceptors (Lipinski definition) is 4. The first kappa shape index (κ1) is 35.6. The summed E-state index contributed by atoms with van der Waals surface area (Å²) in [5.41, 5.74) is 11.9. The number of nitrogens with zero attached hydrogens (tertiary/aromatic N) is 5. The molecule has 292 valence electrons. The van der Waals surface area contributed by atoms with E-state index in [1.807, 2.05) is 78.9 Å². The van der Waals surface area contributed by atoms with Crippen LogP contribution < -0.4 is 0 Å². The van der Waals surface area contributed by atoms with Crippen molar-refractivity contribution in [1.82, 2.24) is 24.1 Å². The monoisotopic (exact) mass is 795 g/mol. The zero-order chi connectivity index (χ0) is 41.3. The predicted octanol–water partition coefficient (Wildman–Crippen LogP) is 14.5. The van der Waals surface area contributed by atoms with Crippen molar-refractivity contribution in [3.05, 3.63) is 206 Å². The molecule has 6 heteroatoms. The fourth-order valence-corrected chi connectivity index (χ4v) is 9.28. The Balaban J connectivity index is 1.18. The van der Waals surface area contributed by atoms with Gasteiger partial charge in [0.25, 0.3) is 0 Å². The number of fused-ring (bicyclic) bond motifs is 9. The third kappa shape index (κ3) is 5.54. The van der Waals surface area contributed by atoms with Crippen LogP contribution in [0.5, 0.6) is 0 Å². The van der Waals surface area contributed by atoms with Crippen LogP contribution in [0.3, 0.4) is 0 Å². The molecule has 0 unspecified atom stereocenters. The molecule has 0 fully saturated rings. The zero-order valence-corrected chi connectivity index (χ0v) is 33.8. The normalized spacial score (nSPS) is 12.0. The average molecular weight is 796 g/mol. The van der Waals surface area contributed by atoms with Crippen molar-refractivity contribution in [2.24, 2.45) is 0 Å². The first-order valence-corrected chi connectivity index (χ1v) is 20.8. The van der Waals surface area contributed by atoms with Gasteiger partial charge < -0.3 is 8.98 Å². The minimum Gasteiger partial charge on any atom is -0.454 e. The summed E-state index contributed by atoms with van der Waals surface area (Å²) < 4.78 is 11.4. The second-order valence-electron chi connectivity index (χ2n) is 15.7. The number of para-hydroxylation sites is 2. The van der Waals surface area contributed by atoms with Gasteiger partial charge in [-0.2, -0.15) is 9.97 Å². The Labute approximate surface area is 357 Å². The molecule has 0 radical (unpaired) electrons. The van der Waals surface area contributed by atoms with Crippen LogP contribution >= 0.6 is 0 Å². The van der Waals surface area contributed by atoms with E-state index in [-0.39, 0.29) is 0 Å². The van der Waals surface area contributed by atoms with E-state index in [9.17, 15) is 0 Å². The van der Waals surface area contributed by atoms with Gasteiger partial charge in [-0.25, -0.2) is 4.98 Å². The maximum atomic E-state index is 6.89. The largest absolute Gasteiger partial charge is 0.454 e. The van der Waals surface area contributed by atoms with E-state index in [1.165, 1.54) is 21.5 Å². The van der Waals surface area contributed by atoms with Crippen molar-refractivity contribution in [2.45, 2.75) is 6.92 Å². The van der Waals surface area contributed by atoms with Crippen molar-refractivity contribution >= 4 is 71.5 Å². The second-order valence-corrected chi connectivity index (χ2v) is 15.7. The van der Waals surface area contributed by atoms with E-state index < -0.39 is 0 Å². The van der Waals surface area contributed by atoms with Crippen LogP contribution in [0.25, 0.3) is 117 Å². The highest BCUT2D eigenvalue weighted by Gasteiger charge is 2.26. The molecule has 62 heavy (non-hydrogen) atoms. The summed E-state index contributed by atoms with van der Waals surface area (Å²) in [5.74, 6) is 1.66. The Bertz CT molecular complexity index is 3720. The fourth-order valence-electron chi connectivity index (χ4n) is 9.28.